The Morgan fingerprint density at radius 1 is 1.33 bits per heavy atom. The lowest BCUT2D eigenvalue weighted by molar-refractivity contribution is 0.0751. The van der Waals surface area contributed by atoms with Crippen LogP contribution in [0.4, 0.5) is 0 Å². The maximum absolute atomic E-state index is 5.57. The zero-order valence-corrected chi connectivity index (χ0v) is 11.1. The summed E-state index contributed by atoms with van der Waals surface area (Å²) in [5.74, 6) is 0. The lowest BCUT2D eigenvalue weighted by atomic mass is 9.87. The number of hydrogen-bond acceptors (Lipinski definition) is 3. The highest BCUT2D eigenvalue weighted by atomic mass is 79.9. The van der Waals surface area contributed by atoms with Crippen LogP contribution < -0.4 is 0 Å². The second-order valence-electron chi connectivity index (χ2n) is 4.14. The summed E-state index contributed by atoms with van der Waals surface area (Å²) < 4.78 is 16.0. The van der Waals surface area contributed by atoms with E-state index >= 15 is 0 Å². The summed E-state index contributed by atoms with van der Waals surface area (Å²) in [4.78, 5) is 0. The first-order chi connectivity index (χ1) is 7.33. The van der Waals surface area contributed by atoms with Gasteiger partial charge in [-0.1, -0.05) is 15.9 Å². The van der Waals surface area contributed by atoms with Crippen LogP contribution in [0.25, 0.3) is 0 Å². The molecule has 1 rings (SSSR count). The molecule has 0 bridgehead atoms. The predicted octanol–water partition coefficient (Wildman–Crippen LogP) is 2.23. The third kappa shape index (κ3) is 4.81. The Morgan fingerprint density at radius 2 is 2.20 bits per heavy atom. The molecule has 0 saturated carbocycles. The molecule has 3 nitrogen and oxygen atoms in total. The molecule has 0 N–H and O–H groups in total. The molecule has 0 aromatic heterocycles. The van der Waals surface area contributed by atoms with E-state index in [9.17, 15) is 0 Å². The maximum Gasteiger partial charge on any atom is 0.0532 e. The molecule has 1 aliphatic heterocycles. The molecule has 1 atom stereocenters. The number of rotatable bonds is 8. The van der Waals surface area contributed by atoms with Crippen molar-refractivity contribution < 1.29 is 14.2 Å². The fourth-order valence-electron chi connectivity index (χ4n) is 1.71. The highest BCUT2D eigenvalue weighted by Gasteiger charge is 2.33. The van der Waals surface area contributed by atoms with E-state index in [0.29, 0.717) is 5.41 Å². The Morgan fingerprint density at radius 3 is 2.80 bits per heavy atom. The van der Waals surface area contributed by atoms with Crippen molar-refractivity contribution >= 4 is 15.9 Å². The molecule has 1 fully saturated rings. The van der Waals surface area contributed by atoms with Crippen LogP contribution in [-0.4, -0.2) is 45.5 Å². The van der Waals surface area contributed by atoms with Gasteiger partial charge >= 0.3 is 0 Å². The second kappa shape index (κ2) is 7.60. The first kappa shape index (κ1) is 13.4. The summed E-state index contributed by atoms with van der Waals surface area (Å²) in [7, 11) is 1.72. The van der Waals surface area contributed by atoms with Crippen molar-refractivity contribution in [2.24, 2.45) is 5.41 Å². The summed E-state index contributed by atoms with van der Waals surface area (Å²) in [5.41, 5.74) is 0.321. The molecule has 0 spiro atoms. The van der Waals surface area contributed by atoms with Crippen LogP contribution >= 0.6 is 15.9 Å². The molecule has 1 heterocycles. The van der Waals surface area contributed by atoms with Gasteiger partial charge in [0.2, 0.25) is 0 Å². The minimum absolute atomic E-state index is 0.321. The van der Waals surface area contributed by atoms with E-state index in [-0.39, 0.29) is 0 Å². The highest BCUT2D eigenvalue weighted by molar-refractivity contribution is 9.09. The van der Waals surface area contributed by atoms with Gasteiger partial charge in [-0.25, -0.2) is 0 Å². The summed E-state index contributed by atoms with van der Waals surface area (Å²) in [6.07, 6.45) is 3.22. The molecule has 0 aromatic rings. The topological polar surface area (TPSA) is 27.7 Å². The third-order valence-electron chi connectivity index (χ3n) is 2.88. The highest BCUT2D eigenvalue weighted by Crippen LogP contribution is 2.34. The van der Waals surface area contributed by atoms with E-state index in [1.165, 1.54) is 0 Å². The van der Waals surface area contributed by atoms with Crippen LogP contribution in [0.1, 0.15) is 19.3 Å². The molecule has 0 aliphatic carbocycles. The standard InChI is InChI=1S/C11H21BrO3/c1-13-5-2-6-14-7-3-11(9-12)4-8-15-10-11/h2-10H2,1H3. The molecule has 90 valence electrons. The lowest BCUT2D eigenvalue weighted by Crippen LogP contribution is -2.25. The quantitative estimate of drug-likeness (QED) is 0.504. The minimum atomic E-state index is 0.321. The Hall–Kier alpha value is 0.360. The Balaban J connectivity index is 2.02. The number of methoxy groups -OCH3 is 1. The smallest absolute Gasteiger partial charge is 0.0532 e. The maximum atomic E-state index is 5.57. The zero-order chi connectivity index (χ0) is 11.0. The molecule has 0 radical (unpaired) electrons. The van der Waals surface area contributed by atoms with Crippen molar-refractivity contribution in [1.29, 1.82) is 0 Å². The van der Waals surface area contributed by atoms with Crippen molar-refractivity contribution in [2.75, 3.05) is 45.5 Å². The van der Waals surface area contributed by atoms with Gasteiger partial charge in [0, 0.05) is 44.3 Å². The summed E-state index contributed by atoms with van der Waals surface area (Å²) in [6.45, 7) is 4.19. The molecule has 1 unspecified atom stereocenters. The number of alkyl halides is 1. The van der Waals surface area contributed by atoms with E-state index < -0.39 is 0 Å². The molecule has 1 aliphatic rings. The molecular weight excluding hydrogens is 260 g/mol. The van der Waals surface area contributed by atoms with Crippen molar-refractivity contribution in [1.82, 2.24) is 0 Å². The largest absolute Gasteiger partial charge is 0.385 e. The second-order valence-corrected chi connectivity index (χ2v) is 4.71. The van der Waals surface area contributed by atoms with Gasteiger partial charge in [-0.3, -0.25) is 0 Å². The average molecular weight is 281 g/mol. The van der Waals surface area contributed by atoms with Crippen molar-refractivity contribution in [3.63, 3.8) is 0 Å². The van der Waals surface area contributed by atoms with Crippen molar-refractivity contribution in [3.8, 4) is 0 Å². The van der Waals surface area contributed by atoms with Gasteiger partial charge in [0.25, 0.3) is 0 Å². The SMILES string of the molecule is COCCCOCCC1(CBr)CCOC1. The van der Waals surface area contributed by atoms with E-state index in [1.807, 2.05) is 0 Å². The average Bonchev–Trinajstić information content (AvgIpc) is 2.73. The molecule has 4 heteroatoms. The van der Waals surface area contributed by atoms with E-state index in [2.05, 4.69) is 15.9 Å². The summed E-state index contributed by atoms with van der Waals surface area (Å²) >= 11 is 3.57. The molecule has 15 heavy (non-hydrogen) atoms. The summed E-state index contributed by atoms with van der Waals surface area (Å²) in [5, 5.41) is 1.02. The first-order valence-corrected chi connectivity index (χ1v) is 6.65. The van der Waals surface area contributed by atoms with E-state index in [1.54, 1.807) is 7.11 Å². The van der Waals surface area contributed by atoms with Gasteiger partial charge in [0.05, 0.1) is 6.61 Å². The molecule has 1 saturated heterocycles. The van der Waals surface area contributed by atoms with E-state index in [0.717, 1.165) is 57.6 Å². The first-order valence-electron chi connectivity index (χ1n) is 5.53. The number of halogens is 1. The molecule has 0 aromatic carbocycles. The van der Waals surface area contributed by atoms with Crippen molar-refractivity contribution in [3.05, 3.63) is 0 Å². The van der Waals surface area contributed by atoms with Gasteiger partial charge in [-0.15, -0.1) is 0 Å². The fraction of sp³-hybridized carbons (Fsp3) is 1.00. The monoisotopic (exact) mass is 280 g/mol. The third-order valence-corrected chi connectivity index (χ3v) is 4.07. The van der Waals surface area contributed by atoms with Crippen LogP contribution in [0.3, 0.4) is 0 Å². The lowest BCUT2D eigenvalue weighted by Gasteiger charge is -2.24. The molecule has 0 amide bonds. The van der Waals surface area contributed by atoms with Gasteiger partial charge in [0.15, 0.2) is 0 Å². The van der Waals surface area contributed by atoms with Gasteiger partial charge in [0.1, 0.15) is 0 Å². The van der Waals surface area contributed by atoms with Crippen LogP contribution in [0.5, 0.6) is 0 Å². The van der Waals surface area contributed by atoms with Gasteiger partial charge in [-0.2, -0.15) is 0 Å². The van der Waals surface area contributed by atoms with Crippen LogP contribution in [0.2, 0.25) is 0 Å². The fourth-order valence-corrected chi connectivity index (χ4v) is 2.44. The van der Waals surface area contributed by atoms with Crippen LogP contribution in [0, 0.1) is 5.41 Å². The number of hydrogen-bond donors (Lipinski definition) is 0. The van der Waals surface area contributed by atoms with Crippen LogP contribution in [0.15, 0.2) is 0 Å². The Labute approximate surface area is 101 Å². The van der Waals surface area contributed by atoms with Crippen molar-refractivity contribution in [2.45, 2.75) is 19.3 Å². The van der Waals surface area contributed by atoms with Gasteiger partial charge in [-0.05, 0) is 19.3 Å². The Bertz CT molecular complexity index is 158. The van der Waals surface area contributed by atoms with E-state index in [4.69, 9.17) is 14.2 Å². The zero-order valence-electron chi connectivity index (χ0n) is 9.47. The Kier molecular flexibility index (Phi) is 6.81. The van der Waals surface area contributed by atoms with Gasteiger partial charge < -0.3 is 14.2 Å². The van der Waals surface area contributed by atoms with Crippen LogP contribution in [-0.2, 0) is 14.2 Å². The number of ether oxygens (including phenoxy) is 3. The predicted molar refractivity (Wildman–Crippen MR) is 63.6 cm³/mol. The molecular formula is C11H21BrO3. The minimum Gasteiger partial charge on any atom is -0.385 e. The normalized spacial score (nSPS) is 26.0. The summed E-state index contributed by atoms with van der Waals surface area (Å²) in [6, 6.07) is 0.